The average molecular weight is 512 g/mol. The van der Waals surface area contributed by atoms with Crippen LogP contribution in [0.15, 0.2) is 58.1 Å². The smallest absolute Gasteiger partial charge is 0.191 e. The maximum atomic E-state index is 5.42. The van der Waals surface area contributed by atoms with Crippen LogP contribution in [0.4, 0.5) is 0 Å². The summed E-state index contributed by atoms with van der Waals surface area (Å²) in [5, 5.41) is 7.10. The van der Waals surface area contributed by atoms with Crippen molar-refractivity contribution >= 4 is 29.9 Å². The van der Waals surface area contributed by atoms with Crippen LogP contribution < -0.4 is 10.6 Å². The highest BCUT2D eigenvalue weighted by Gasteiger charge is 2.19. The Labute approximate surface area is 191 Å². The zero-order valence-electron chi connectivity index (χ0n) is 17.2. The zero-order valence-corrected chi connectivity index (χ0v) is 19.5. The summed E-state index contributed by atoms with van der Waals surface area (Å²) in [5.74, 6) is 1.87. The third-order valence-electron chi connectivity index (χ3n) is 5.05. The molecule has 0 unspecified atom stereocenters. The maximum absolute atomic E-state index is 5.42. The molecule has 3 rings (SSSR count). The summed E-state index contributed by atoms with van der Waals surface area (Å²) in [6.45, 7) is 5.47. The molecule has 1 aromatic carbocycles. The predicted octanol–water partition coefficient (Wildman–Crippen LogP) is 3.29. The number of nitrogens with zero attached hydrogens (tertiary/aromatic N) is 2. The molecular formula is C22H33IN4O2. The minimum absolute atomic E-state index is 0. The molecule has 1 aliphatic heterocycles. The van der Waals surface area contributed by atoms with Crippen molar-refractivity contribution in [2.24, 2.45) is 4.99 Å². The van der Waals surface area contributed by atoms with Crippen LogP contribution in [0, 0.1) is 0 Å². The number of aliphatic imine (C=N–C) groups is 1. The van der Waals surface area contributed by atoms with Gasteiger partial charge in [0.25, 0.3) is 0 Å². The molecule has 2 heterocycles. The number of methoxy groups -OCH3 is 1. The van der Waals surface area contributed by atoms with Gasteiger partial charge in [0.2, 0.25) is 0 Å². The lowest BCUT2D eigenvalue weighted by molar-refractivity contribution is 0.128. The van der Waals surface area contributed by atoms with E-state index < -0.39 is 0 Å². The Balaban J connectivity index is 0.00000300. The highest BCUT2D eigenvalue weighted by atomic mass is 127. The number of furan rings is 1. The fourth-order valence-electron chi connectivity index (χ4n) is 3.38. The minimum atomic E-state index is 0. The standard InChI is InChI=1S/C22H32N4O2.HI/c1-27-17-15-26-13-10-20(11-14-26)25-22(23-12-9-21-8-5-16-28-21)24-18-19-6-3-2-4-7-19;/h2-8,16,20H,9-15,17-18H2,1H3,(H2,23,24,25);1H. The summed E-state index contributed by atoms with van der Waals surface area (Å²) in [7, 11) is 1.76. The van der Waals surface area contributed by atoms with E-state index in [2.05, 4.69) is 39.8 Å². The first-order chi connectivity index (χ1) is 13.8. The monoisotopic (exact) mass is 512 g/mol. The number of guanidine groups is 1. The maximum Gasteiger partial charge on any atom is 0.191 e. The van der Waals surface area contributed by atoms with Crippen LogP contribution in [0.1, 0.15) is 24.2 Å². The molecule has 1 aromatic heterocycles. The molecule has 29 heavy (non-hydrogen) atoms. The molecule has 0 bridgehead atoms. The predicted molar refractivity (Wildman–Crippen MR) is 128 cm³/mol. The number of likely N-dealkylation sites (tertiary alicyclic amines) is 1. The summed E-state index contributed by atoms with van der Waals surface area (Å²) in [4.78, 5) is 7.27. The Morgan fingerprint density at radius 2 is 1.97 bits per heavy atom. The second kappa shape index (κ2) is 13.6. The van der Waals surface area contributed by atoms with E-state index in [-0.39, 0.29) is 24.0 Å². The minimum Gasteiger partial charge on any atom is -0.469 e. The van der Waals surface area contributed by atoms with Crippen molar-refractivity contribution < 1.29 is 9.15 Å². The molecule has 1 fully saturated rings. The Kier molecular flexibility index (Phi) is 11.1. The molecule has 0 saturated carbocycles. The van der Waals surface area contributed by atoms with Crippen LogP contribution in [0.5, 0.6) is 0 Å². The van der Waals surface area contributed by atoms with Gasteiger partial charge in [0.05, 0.1) is 19.4 Å². The van der Waals surface area contributed by atoms with Crippen molar-refractivity contribution in [3.8, 4) is 0 Å². The number of hydrogen-bond donors (Lipinski definition) is 2. The molecule has 7 heteroatoms. The van der Waals surface area contributed by atoms with E-state index >= 15 is 0 Å². The van der Waals surface area contributed by atoms with Gasteiger partial charge < -0.3 is 24.7 Å². The van der Waals surface area contributed by atoms with Crippen LogP contribution in [-0.2, 0) is 17.7 Å². The number of ether oxygens (including phenoxy) is 1. The summed E-state index contributed by atoms with van der Waals surface area (Å²) in [6, 6.07) is 14.7. The highest BCUT2D eigenvalue weighted by Crippen LogP contribution is 2.10. The molecule has 0 radical (unpaired) electrons. The van der Waals surface area contributed by atoms with Gasteiger partial charge in [0.1, 0.15) is 5.76 Å². The first-order valence-electron chi connectivity index (χ1n) is 10.2. The van der Waals surface area contributed by atoms with E-state index in [1.54, 1.807) is 13.4 Å². The normalized spacial score (nSPS) is 15.7. The van der Waals surface area contributed by atoms with E-state index in [1.165, 1.54) is 5.56 Å². The number of rotatable bonds is 9. The number of nitrogens with one attached hydrogen (secondary N) is 2. The number of halogens is 1. The Morgan fingerprint density at radius 3 is 2.66 bits per heavy atom. The summed E-state index contributed by atoms with van der Waals surface area (Å²) in [6.07, 6.45) is 4.80. The second-order valence-electron chi connectivity index (χ2n) is 7.16. The van der Waals surface area contributed by atoms with Crippen LogP contribution >= 0.6 is 24.0 Å². The quantitative estimate of drug-likeness (QED) is 0.307. The number of hydrogen-bond acceptors (Lipinski definition) is 4. The third-order valence-corrected chi connectivity index (χ3v) is 5.05. The largest absolute Gasteiger partial charge is 0.469 e. The molecule has 0 amide bonds. The SMILES string of the molecule is COCCN1CCC(NC(=NCc2ccccc2)NCCc2ccco2)CC1.I. The number of benzene rings is 1. The molecule has 2 N–H and O–H groups in total. The first-order valence-corrected chi connectivity index (χ1v) is 10.2. The van der Waals surface area contributed by atoms with Crippen molar-refractivity contribution in [3.63, 3.8) is 0 Å². The van der Waals surface area contributed by atoms with E-state index in [9.17, 15) is 0 Å². The van der Waals surface area contributed by atoms with Crippen molar-refractivity contribution in [1.29, 1.82) is 0 Å². The van der Waals surface area contributed by atoms with Gasteiger partial charge in [0.15, 0.2) is 5.96 Å². The molecule has 1 saturated heterocycles. The third kappa shape index (κ3) is 8.76. The van der Waals surface area contributed by atoms with Gasteiger partial charge in [-0.15, -0.1) is 24.0 Å². The van der Waals surface area contributed by atoms with Crippen LogP contribution in [0.25, 0.3) is 0 Å². The van der Waals surface area contributed by atoms with Crippen LogP contribution in [-0.4, -0.2) is 56.8 Å². The van der Waals surface area contributed by atoms with Gasteiger partial charge in [0, 0.05) is 45.8 Å². The summed E-state index contributed by atoms with van der Waals surface area (Å²) < 4.78 is 10.6. The van der Waals surface area contributed by atoms with Gasteiger partial charge in [-0.3, -0.25) is 0 Å². The van der Waals surface area contributed by atoms with Crippen molar-refractivity contribution in [2.75, 3.05) is 39.9 Å². The van der Waals surface area contributed by atoms with Gasteiger partial charge in [-0.1, -0.05) is 30.3 Å². The molecule has 0 atom stereocenters. The van der Waals surface area contributed by atoms with Crippen molar-refractivity contribution in [1.82, 2.24) is 15.5 Å². The summed E-state index contributed by atoms with van der Waals surface area (Å²) in [5.41, 5.74) is 1.21. The van der Waals surface area contributed by atoms with Gasteiger partial charge in [-0.05, 0) is 30.5 Å². The summed E-state index contributed by atoms with van der Waals surface area (Å²) >= 11 is 0. The van der Waals surface area contributed by atoms with Gasteiger partial charge >= 0.3 is 0 Å². The molecule has 0 spiro atoms. The second-order valence-corrected chi connectivity index (χ2v) is 7.16. The Hall–Kier alpha value is -1.58. The van der Waals surface area contributed by atoms with Crippen LogP contribution in [0.2, 0.25) is 0 Å². The Bertz CT molecular complexity index is 686. The van der Waals surface area contributed by atoms with Crippen LogP contribution in [0.3, 0.4) is 0 Å². The topological polar surface area (TPSA) is 62.0 Å². The van der Waals surface area contributed by atoms with E-state index in [4.69, 9.17) is 14.1 Å². The van der Waals surface area contributed by atoms with Crippen molar-refractivity contribution in [3.05, 3.63) is 60.1 Å². The molecule has 0 aliphatic carbocycles. The average Bonchev–Trinajstić information content (AvgIpc) is 3.25. The lowest BCUT2D eigenvalue weighted by atomic mass is 10.1. The van der Waals surface area contributed by atoms with Gasteiger partial charge in [-0.2, -0.15) is 0 Å². The number of piperidine rings is 1. The fraction of sp³-hybridized carbons (Fsp3) is 0.500. The molecule has 6 nitrogen and oxygen atoms in total. The zero-order chi connectivity index (χ0) is 19.4. The highest BCUT2D eigenvalue weighted by molar-refractivity contribution is 14.0. The molecular weight excluding hydrogens is 479 g/mol. The van der Waals surface area contributed by atoms with E-state index in [0.717, 1.165) is 63.8 Å². The van der Waals surface area contributed by atoms with E-state index in [1.807, 2.05) is 18.2 Å². The Morgan fingerprint density at radius 1 is 1.17 bits per heavy atom. The molecule has 160 valence electrons. The van der Waals surface area contributed by atoms with Crippen molar-refractivity contribution in [2.45, 2.75) is 31.8 Å². The van der Waals surface area contributed by atoms with E-state index in [0.29, 0.717) is 12.6 Å². The molecule has 1 aliphatic rings. The lowest BCUT2D eigenvalue weighted by Gasteiger charge is -2.33. The fourth-order valence-corrected chi connectivity index (χ4v) is 3.38. The van der Waals surface area contributed by atoms with Gasteiger partial charge in [-0.25, -0.2) is 4.99 Å². The lowest BCUT2D eigenvalue weighted by Crippen LogP contribution is -2.49. The molecule has 2 aromatic rings. The first kappa shape index (κ1) is 23.7.